The Labute approximate surface area is 73.8 Å². The van der Waals surface area contributed by atoms with Gasteiger partial charge in [-0.2, -0.15) is 0 Å². The molecule has 0 saturated heterocycles. The van der Waals surface area contributed by atoms with E-state index >= 15 is 0 Å². The third-order valence-electron chi connectivity index (χ3n) is 0.884. The van der Waals surface area contributed by atoms with E-state index < -0.39 is 15.3 Å². The lowest BCUT2D eigenvalue weighted by Gasteiger charge is -2.24. The quantitative estimate of drug-likeness (QED) is 0.696. The van der Waals surface area contributed by atoms with Crippen LogP contribution >= 0.6 is 46.4 Å². The van der Waals surface area contributed by atoms with Crippen molar-refractivity contribution in [3.8, 4) is 0 Å². The lowest BCUT2D eigenvalue weighted by molar-refractivity contribution is 0.0888. The average molecular weight is 212 g/mol. The first kappa shape index (κ1) is 10.1. The first-order valence-corrected chi connectivity index (χ1v) is 3.92. The molecule has 0 aliphatic carbocycles. The predicted molar refractivity (Wildman–Crippen MR) is 41.6 cm³/mol. The van der Waals surface area contributed by atoms with Crippen molar-refractivity contribution >= 4 is 46.4 Å². The highest BCUT2D eigenvalue weighted by Crippen LogP contribution is 2.29. The molecule has 0 aliphatic heterocycles. The van der Waals surface area contributed by atoms with E-state index in [9.17, 15) is 0 Å². The van der Waals surface area contributed by atoms with E-state index in [1.54, 1.807) is 0 Å². The van der Waals surface area contributed by atoms with Crippen LogP contribution in [0.25, 0.3) is 0 Å². The summed E-state index contributed by atoms with van der Waals surface area (Å²) in [4.78, 5) is -1.95. The van der Waals surface area contributed by atoms with Gasteiger partial charge in [-0.25, -0.2) is 0 Å². The smallest absolute Gasteiger partial charge is 0.138 e. The fourth-order valence-corrected chi connectivity index (χ4v) is 0.857. The van der Waals surface area contributed by atoms with Crippen LogP contribution in [0.1, 0.15) is 6.92 Å². The molecule has 0 aliphatic rings. The Morgan fingerprint density at radius 3 is 1.33 bits per heavy atom. The van der Waals surface area contributed by atoms with E-state index in [4.69, 9.17) is 51.5 Å². The fourth-order valence-electron chi connectivity index (χ4n) is 0.0952. The summed E-state index contributed by atoms with van der Waals surface area (Å²) in [5, 5.41) is 9.14. The summed E-state index contributed by atoms with van der Waals surface area (Å²) in [6, 6.07) is 0. The summed E-state index contributed by atoms with van der Waals surface area (Å²) in [6.45, 7) is 1.36. The topological polar surface area (TPSA) is 20.2 Å². The zero-order chi connectivity index (χ0) is 7.65. The van der Waals surface area contributed by atoms with Crippen LogP contribution in [0.5, 0.6) is 0 Å². The van der Waals surface area contributed by atoms with Crippen LogP contribution in [0.2, 0.25) is 0 Å². The van der Waals surface area contributed by atoms with Gasteiger partial charge in [-0.1, -0.05) is 0 Å². The van der Waals surface area contributed by atoms with Crippen molar-refractivity contribution in [1.82, 2.24) is 0 Å². The Balaban J connectivity index is 4.01. The maximum absolute atomic E-state index is 9.14. The molecular formula is C4H6Cl4O. The molecule has 1 nitrogen and oxygen atoms in total. The maximum atomic E-state index is 9.14. The van der Waals surface area contributed by atoms with E-state index in [1.165, 1.54) is 6.92 Å². The molecule has 5 heteroatoms. The molecular weight excluding hydrogens is 206 g/mol. The van der Waals surface area contributed by atoms with Crippen LogP contribution in [0, 0.1) is 0 Å². The molecule has 0 bridgehead atoms. The fraction of sp³-hybridized carbons (Fsp3) is 1.00. The third-order valence-corrected chi connectivity index (χ3v) is 2.65. The van der Waals surface area contributed by atoms with Crippen LogP contribution in [0.15, 0.2) is 0 Å². The van der Waals surface area contributed by atoms with E-state index in [-0.39, 0.29) is 0 Å². The Hall–Kier alpha value is 1.12. The molecule has 0 spiro atoms. The molecule has 9 heavy (non-hydrogen) atoms. The molecule has 0 atom stereocenters. The van der Waals surface area contributed by atoms with Crippen molar-refractivity contribution in [2.24, 2.45) is 0 Å². The van der Waals surface area contributed by atoms with Gasteiger partial charge in [0.15, 0.2) is 0 Å². The molecule has 0 amide bonds. The average Bonchev–Trinajstić information content (AvgIpc) is 1.65. The Morgan fingerprint density at radius 2 is 1.33 bits per heavy atom. The number of halogens is 4. The van der Waals surface area contributed by atoms with E-state index in [0.29, 0.717) is 0 Å². The van der Waals surface area contributed by atoms with Crippen molar-refractivity contribution < 1.29 is 5.11 Å². The molecule has 0 radical (unpaired) electrons. The van der Waals surface area contributed by atoms with Gasteiger partial charge in [0.2, 0.25) is 0 Å². The molecule has 0 unspecified atom stereocenters. The highest BCUT2D eigenvalue weighted by Gasteiger charge is 2.35. The van der Waals surface area contributed by atoms with Crippen molar-refractivity contribution in [2.45, 2.75) is 22.2 Å². The lowest BCUT2D eigenvalue weighted by Crippen LogP contribution is -2.38. The van der Waals surface area contributed by atoms with E-state index in [1.807, 2.05) is 0 Å². The van der Waals surface area contributed by atoms with Gasteiger partial charge in [-0.15, -0.1) is 46.4 Å². The number of hydrogen-bond donors (Lipinski definition) is 1. The van der Waals surface area contributed by atoms with Gasteiger partial charge < -0.3 is 5.11 Å². The second-order valence-corrected chi connectivity index (χ2v) is 4.02. The molecule has 0 fully saturated rings. The van der Waals surface area contributed by atoms with Gasteiger partial charge in [-0.3, -0.25) is 0 Å². The highest BCUT2D eigenvalue weighted by molar-refractivity contribution is 6.49. The van der Waals surface area contributed by atoms with E-state index in [2.05, 4.69) is 0 Å². The maximum Gasteiger partial charge on any atom is 0.138 e. The largest absolute Gasteiger partial charge is 0.384 e. The second kappa shape index (κ2) is 3.49. The SMILES string of the molecule is CC(O)(C(Cl)Cl)C(Cl)Cl. The Bertz CT molecular complexity index is 80.6. The zero-order valence-electron chi connectivity index (χ0n) is 4.61. The minimum absolute atomic E-state index is 0.975. The van der Waals surface area contributed by atoms with Gasteiger partial charge in [-0.05, 0) is 6.92 Å². The second-order valence-electron chi connectivity index (χ2n) is 1.83. The van der Waals surface area contributed by atoms with E-state index in [0.717, 1.165) is 0 Å². The number of aliphatic hydroxyl groups is 1. The molecule has 0 rings (SSSR count). The first-order chi connectivity index (χ1) is 3.89. The molecule has 0 aromatic heterocycles. The molecule has 0 heterocycles. The monoisotopic (exact) mass is 210 g/mol. The van der Waals surface area contributed by atoms with Crippen LogP contribution in [-0.4, -0.2) is 20.4 Å². The summed E-state index contributed by atoms with van der Waals surface area (Å²) >= 11 is 21.2. The lowest BCUT2D eigenvalue weighted by atomic mass is 10.2. The summed E-state index contributed by atoms with van der Waals surface area (Å²) in [7, 11) is 0. The third kappa shape index (κ3) is 2.69. The normalized spacial score (nSPS) is 13.3. The van der Waals surface area contributed by atoms with Gasteiger partial charge >= 0.3 is 0 Å². The Kier molecular flexibility index (Phi) is 3.93. The Morgan fingerprint density at radius 1 is 1.11 bits per heavy atom. The number of alkyl halides is 4. The van der Waals surface area contributed by atoms with Gasteiger partial charge in [0.05, 0.1) is 0 Å². The molecule has 0 aromatic carbocycles. The van der Waals surface area contributed by atoms with Crippen molar-refractivity contribution in [2.75, 3.05) is 0 Å². The summed E-state index contributed by atoms with van der Waals surface area (Å²) in [5.74, 6) is 0. The van der Waals surface area contributed by atoms with Crippen LogP contribution in [0.3, 0.4) is 0 Å². The predicted octanol–water partition coefficient (Wildman–Crippen LogP) is 2.34. The van der Waals surface area contributed by atoms with Crippen LogP contribution < -0.4 is 0 Å². The van der Waals surface area contributed by atoms with Crippen LogP contribution in [0.4, 0.5) is 0 Å². The van der Waals surface area contributed by atoms with Crippen molar-refractivity contribution in [3.05, 3.63) is 0 Å². The van der Waals surface area contributed by atoms with Gasteiger partial charge in [0.1, 0.15) is 15.3 Å². The first-order valence-electron chi connectivity index (χ1n) is 2.17. The minimum Gasteiger partial charge on any atom is -0.384 e. The molecule has 0 aromatic rings. The van der Waals surface area contributed by atoms with Crippen molar-refractivity contribution in [3.63, 3.8) is 0 Å². The summed E-state index contributed by atoms with van der Waals surface area (Å²) in [6.07, 6.45) is 0. The molecule has 0 saturated carbocycles. The minimum atomic E-state index is -1.44. The van der Waals surface area contributed by atoms with Gasteiger partial charge in [0, 0.05) is 0 Å². The van der Waals surface area contributed by atoms with Crippen molar-refractivity contribution in [1.29, 1.82) is 0 Å². The summed E-state index contributed by atoms with van der Waals surface area (Å²) in [5.41, 5.74) is -1.44. The highest BCUT2D eigenvalue weighted by atomic mass is 35.5. The summed E-state index contributed by atoms with van der Waals surface area (Å²) < 4.78 is 0. The molecule has 56 valence electrons. The number of hydrogen-bond acceptors (Lipinski definition) is 1. The van der Waals surface area contributed by atoms with Gasteiger partial charge in [0.25, 0.3) is 0 Å². The zero-order valence-corrected chi connectivity index (χ0v) is 7.64. The molecule has 1 N–H and O–H groups in total. The number of rotatable bonds is 2. The standard InChI is InChI=1S/C4H6Cl4O/c1-4(9,2(5)6)3(7)8/h2-3,9H,1H3. The van der Waals surface area contributed by atoms with Crippen LogP contribution in [-0.2, 0) is 0 Å².